The average molecular weight is 402 g/mol. The third-order valence-electron chi connectivity index (χ3n) is 6.04. The van der Waals surface area contributed by atoms with E-state index in [9.17, 15) is 4.79 Å². The zero-order valence-corrected chi connectivity index (χ0v) is 19.1. The molecule has 2 aliphatic rings. The lowest BCUT2D eigenvalue weighted by Gasteiger charge is -2.41. The second-order valence-corrected chi connectivity index (χ2v) is 10.1. The first-order valence-corrected chi connectivity index (χ1v) is 10.5. The Morgan fingerprint density at radius 3 is 2.10 bits per heavy atom. The van der Waals surface area contributed by atoms with Gasteiger partial charge in [-0.2, -0.15) is 0 Å². The Labute approximate surface area is 175 Å². The topological polar surface area (TPSA) is 51.2 Å². The summed E-state index contributed by atoms with van der Waals surface area (Å²) in [5.74, 6) is 0. The molecule has 2 saturated heterocycles. The molecule has 0 aromatic heterocycles. The molecular formula is C22H35BN2O4. The Balaban J connectivity index is 1.63. The molecule has 0 bridgehead atoms. The molecular weight excluding hydrogens is 367 g/mol. The summed E-state index contributed by atoms with van der Waals surface area (Å²) >= 11 is 0. The molecule has 160 valence electrons. The van der Waals surface area contributed by atoms with Crippen LogP contribution in [0.2, 0.25) is 0 Å². The highest BCUT2D eigenvalue weighted by atomic mass is 16.7. The molecule has 6 nitrogen and oxygen atoms in total. The minimum Gasteiger partial charge on any atom is -0.444 e. The molecule has 1 aromatic rings. The van der Waals surface area contributed by atoms with E-state index in [1.165, 1.54) is 0 Å². The van der Waals surface area contributed by atoms with Crippen LogP contribution in [0, 0.1) is 0 Å². The number of hydrogen-bond acceptors (Lipinski definition) is 5. The van der Waals surface area contributed by atoms with Gasteiger partial charge in [0.2, 0.25) is 0 Å². The largest absolute Gasteiger partial charge is 0.494 e. The van der Waals surface area contributed by atoms with Gasteiger partial charge in [0.25, 0.3) is 0 Å². The van der Waals surface area contributed by atoms with E-state index in [2.05, 4.69) is 63.8 Å². The average Bonchev–Trinajstić information content (AvgIpc) is 2.81. The van der Waals surface area contributed by atoms with E-state index < -0.39 is 5.60 Å². The first kappa shape index (κ1) is 22.0. The van der Waals surface area contributed by atoms with Crippen molar-refractivity contribution in [3.05, 3.63) is 24.3 Å². The van der Waals surface area contributed by atoms with Crippen molar-refractivity contribution in [3.8, 4) is 0 Å². The number of carbonyl (C=O) groups excluding carboxylic acids is 1. The van der Waals surface area contributed by atoms with Gasteiger partial charge in [-0.05, 0) is 73.0 Å². The third-order valence-corrected chi connectivity index (χ3v) is 6.04. The van der Waals surface area contributed by atoms with Crippen LogP contribution in [0.15, 0.2) is 24.3 Å². The normalized spacial score (nSPS) is 24.0. The highest BCUT2D eigenvalue weighted by Gasteiger charge is 2.51. The fourth-order valence-electron chi connectivity index (χ4n) is 3.61. The number of piperazine rings is 1. The zero-order valence-electron chi connectivity index (χ0n) is 19.1. The summed E-state index contributed by atoms with van der Waals surface area (Å²) in [7, 11) is -0.350. The summed E-state index contributed by atoms with van der Waals surface area (Å²) in [4.78, 5) is 16.5. The van der Waals surface area contributed by atoms with E-state index in [-0.39, 0.29) is 30.5 Å². The number of carbonyl (C=O) groups is 1. The molecule has 0 radical (unpaired) electrons. The molecule has 2 heterocycles. The fourth-order valence-corrected chi connectivity index (χ4v) is 3.61. The van der Waals surface area contributed by atoms with Crippen LogP contribution < -0.4 is 10.4 Å². The fraction of sp³-hybridized carbons (Fsp3) is 0.682. The minimum atomic E-state index is -0.475. The minimum absolute atomic E-state index is 0.0846. The Morgan fingerprint density at radius 2 is 1.62 bits per heavy atom. The van der Waals surface area contributed by atoms with E-state index in [0.717, 1.165) is 24.2 Å². The van der Waals surface area contributed by atoms with Crippen LogP contribution in [-0.2, 0) is 14.0 Å². The quantitative estimate of drug-likeness (QED) is 0.710. The first-order chi connectivity index (χ1) is 13.3. The van der Waals surface area contributed by atoms with Crippen LogP contribution in [0.3, 0.4) is 0 Å². The molecule has 0 N–H and O–H groups in total. The van der Waals surface area contributed by atoms with E-state index in [4.69, 9.17) is 14.0 Å². The number of nitrogens with zero attached hydrogens (tertiary/aromatic N) is 2. The molecule has 29 heavy (non-hydrogen) atoms. The molecule has 0 unspecified atom stereocenters. The molecule has 1 atom stereocenters. The molecule has 0 aliphatic carbocycles. The van der Waals surface area contributed by atoms with Crippen molar-refractivity contribution in [2.24, 2.45) is 0 Å². The van der Waals surface area contributed by atoms with Gasteiger partial charge in [0, 0.05) is 31.4 Å². The Morgan fingerprint density at radius 1 is 1.07 bits per heavy atom. The van der Waals surface area contributed by atoms with Crippen molar-refractivity contribution in [1.82, 2.24) is 4.90 Å². The highest BCUT2D eigenvalue weighted by Crippen LogP contribution is 2.36. The first-order valence-electron chi connectivity index (χ1n) is 10.5. The lowest BCUT2D eigenvalue weighted by Crippen LogP contribution is -2.55. The van der Waals surface area contributed by atoms with Crippen molar-refractivity contribution in [1.29, 1.82) is 0 Å². The predicted molar refractivity (Wildman–Crippen MR) is 117 cm³/mol. The van der Waals surface area contributed by atoms with Crippen molar-refractivity contribution >= 4 is 24.4 Å². The monoisotopic (exact) mass is 402 g/mol. The van der Waals surface area contributed by atoms with Crippen molar-refractivity contribution in [2.45, 2.75) is 78.2 Å². The number of amides is 1. The van der Waals surface area contributed by atoms with Gasteiger partial charge in [0.1, 0.15) is 5.60 Å². The van der Waals surface area contributed by atoms with Gasteiger partial charge in [-0.25, -0.2) is 4.79 Å². The van der Waals surface area contributed by atoms with Gasteiger partial charge >= 0.3 is 13.2 Å². The van der Waals surface area contributed by atoms with Gasteiger partial charge < -0.3 is 23.8 Å². The maximum Gasteiger partial charge on any atom is 0.494 e. The van der Waals surface area contributed by atoms with E-state index in [0.29, 0.717) is 6.54 Å². The number of anilines is 1. The number of ether oxygens (including phenoxy) is 1. The van der Waals surface area contributed by atoms with Crippen molar-refractivity contribution in [2.75, 3.05) is 24.5 Å². The lowest BCUT2D eigenvalue weighted by molar-refractivity contribution is 0.00578. The van der Waals surface area contributed by atoms with Crippen LogP contribution >= 0.6 is 0 Å². The van der Waals surface area contributed by atoms with Gasteiger partial charge in [0.15, 0.2) is 0 Å². The SMILES string of the molecule is C[C@@H]1CN(c2ccc(B3OC(C)(C)C(C)(C)O3)cc2)CCN1C(=O)OC(C)(C)C. The summed E-state index contributed by atoms with van der Waals surface area (Å²) in [6.45, 7) is 18.2. The summed E-state index contributed by atoms with van der Waals surface area (Å²) in [6.07, 6.45) is -0.235. The summed E-state index contributed by atoms with van der Waals surface area (Å²) in [6, 6.07) is 8.44. The van der Waals surface area contributed by atoms with Crippen molar-refractivity contribution < 1.29 is 18.8 Å². The number of rotatable bonds is 2. The standard InChI is InChI=1S/C22H35BN2O4/c1-16-15-24(13-14-25(16)19(26)27-20(2,3)4)18-11-9-17(10-12-18)23-28-21(5,6)22(7,8)29-23/h9-12,16H,13-15H2,1-8H3/t16-/m1/s1. The van der Waals surface area contributed by atoms with Crippen molar-refractivity contribution in [3.63, 3.8) is 0 Å². The van der Waals surface area contributed by atoms with E-state index in [1.54, 1.807) is 0 Å². The van der Waals surface area contributed by atoms with Gasteiger partial charge in [-0.3, -0.25) is 0 Å². The Bertz CT molecular complexity index is 726. The maximum absolute atomic E-state index is 12.4. The molecule has 3 rings (SSSR count). The summed E-state index contributed by atoms with van der Waals surface area (Å²) < 4.78 is 17.8. The second-order valence-electron chi connectivity index (χ2n) is 10.1. The molecule has 2 fully saturated rings. The van der Waals surface area contributed by atoms with Gasteiger partial charge in [-0.1, -0.05) is 12.1 Å². The van der Waals surface area contributed by atoms with Gasteiger partial charge in [0.05, 0.1) is 11.2 Å². The molecule has 2 aliphatic heterocycles. The molecule has 1 amide bonds. The van der Waals surface area contributed by atoms with E-state index >= 15 is 0 Å². The summed E-state index contributed by atoms with van der Waals surface area (Å²) in [5, 5.41) is 0. The van der Waals surface area contributed by atoms with Crippen LogP contribution in [0.4, 0.5) is 10.5 Å². The van der Waals surface area contributed by atoms with Crippen LogP contribution in [-0.4, -0.2) is 60.6 Å². The van der Waals surface area contributed by atoms with Crippen LogP contribution in [0.5, 0.6) is 0 Å². The zero-order chi connectivity index (χ0) is 21.6. The lowest BCUT2D eigenvalue weighted by atomic mass is 9.79. The molecule has 0 saturated carbocycles. The van der Waals surface area contributed by atoms with Crippen LogP contribution in [0.1, 0.15) is 55.4 Å². The maximum atomic E-state index is 12.4. The smallest absolute Gasteiger partial charge is 0.444 e. The molecule has 0 spiro atoms. The molecule has 7 heteroatoms. The third kappa shape index (κ3) is 4.72. The second kappa shape index (κ2) is 7.51. The Kier molecular flexibility index (Phi) is 5.69. The number of benzene rings is 1. The molecule has 1 aromatic carbocycles. The Hall–Kier alpha value is -1.73. The van der Waals surface area contributed by atoms with Crippen LogP contribution in [0.25, 0.3) is 0 Å². The summed E-state index contributed by atoms with van der Waals surface area (Å²) in [5.41, 5.74) is 0.999. The predicted octanol–water partition coefficient (Wildman–Crippen LogP) is 3.43. The highest BCUT2D eigenvalue weighted by molar-refractivity contribution is 6.62. The van der Waals surface area contributed by atoms with Gasteiger partial charge in [-0.15, -0.1) is 0 Å². The number of hydrogen-bond donors (Lipinski definition) is 0. The van der Waals surface area contributed by atoms with E-state index in [1.807, 2.05) is 25.7 Å².